The molecule has 1 spiro atoms. The van der Waals surface area contributed by atoms with Gasteiger partial charge in [0.05, 0.1) is 6.04 Å². The molecule has 7 nitrogen and oxygen atoms in total. The predicted molar refractivity (Wildman–Crippen MR) is 114 cm³/mol. The van der Waals surface area contributed by atoms with E-state index in [1.165, 1.54) is 6.42 Å². The first-order chi connectivity index (χ1) is 12.5. The van der Waals surface area contributed by atoms with Crippen molar-refractivity contribution in [1.29, 1.82) is 0 Å². The Kier molecular flexibility index (Phi) is 5.88. The number of hydrogen-bond acceptors (Lipinski definition) is 6. The van der Waals surface area contributed by atoms with Crippen molar-refractivity contribution < 1.29 is 4.55 Å². The molecule has 0 bridgehead atoms. The molecule has 1 aliphatic carbocycles. The molecule has 27 heavy (non-hydrogen) atoms. The molecule has 2 atom stereocenters. The van der Waals surface area contributed by atoms with Gasteiger partial charge in [0.1, 0.15) is 15.0 Å². The average Bonchev–Trinajstić information content (AvgIpc) is 2.98. The molecule has 3 N–H and O–H groups in total. The number of hydrogen-bond donors (Lipinski definition) is 2. The lowest BCUT2D eigenvalue weighted by atomic mass is 9.74. The molecule has 0 unspecified atom stereocenters. The predicted octanol–water partition coefficient (Wildman–Crippen LogP) is 2.32. The van der Waals surface area contributed by atoms with Crippen LogP contribution < -0.4 is 20.9 Å². The van der Waals surface area contributed by atoms with Crippen LogP contribution in [0, 0.1) is 5.41 Å². The number of nitrogens with one attached hydrogen (secondary N) is 1. The van der Waals surface area contributed by atoms with Crippen LogP contribution in [0.3, 0.4) is 0 Å². The Bertz CT molecular complexity index is 755. The fourth-order valence-electron chi connectivity index (χ4n) is 4.24. The van der Waals surface area contributed by atoms with Gasteiger partial charge in [0, 0.05) is 31.5 Å². The maximum atomic E-state index is 12.6. The lowest BCUT2D eigenvalue weighted by Crippen LogP contribution is -2.53. The number of nitrogens with two attached hydrogens (primary N) is 1. The molecule has 1 aliphatic heterocycles. The van der Waals surface area contributed by atoms with Crippen molar-refractivity contribution >= 4 is 39.1 Å². The van der Waals surface area contributed by atoms with Crippen molar-refractivity contribution in [2.45, 2.75) is 63.7 Å². The van der Waals surface area contributed by atoms with E-state index >= 15 is 0 Å². The number of rotatable bonds is 3. The zero-order valence-electron chi connectivity index (χ0n) is 16.5. The van der Waals surface area contributed by atoms with E-state index in [0.717, 1.165) is 38.8 Å². The molecule has 152 valence electrons. The molecule has 1 aromatic heterocycles. The summed E-state index contributed by atoms with van der Waals surface area (Å²) in [6.07, 6.45) is 5.40. The van der Waals surface area contributed by atoms with Crippen molar-refractivity contribution in [2.75, 3.05) is 23.7 Å². The minimum absolute atomic E-state index is 0.168. The van der Waals surface area contributed by atoms with Crippen LogP contribution in [0.15, 0.2) is 9.27 Å². The summed E-state index contributed by atoms with van der Waals surface area (Å²) in [5.41, 5.74) is 5.90. The average molecular weight is 460 g/mol. The molecule has 3 rings (SSSR count). The Morgan fingerprint density at radius 1 is 1.33 bits per heavy atom. The van der Waals surface area contributed by atoms with Crippen molar-refractivity contribution in [2.24, 2.45) is 12.5 Å². The minimum Gasteiger partial charge on any atom is -0.598 e. The highest BCUT2D eigenvalue weighted by Crippen LogP contribution is 2.47. The van der Waals surface area contributed by atoms with Gasteiger partial charge in [0.15, 0.2) is 0 Å². The zero-order chi connectivity index (χ0) is 20.0. The summed E-state index contributed by atoms with van der Waals surface area (Å²) in [5, 5.41) is 0. The smallest absolute Gasteiger partial charge is 0.271 e. The van der Waals surface area contributed by atoms with E-state index in [1.807, 2.05) is 20.8 Å². The second kappa shape index (κ2) is 7.57. The summed E-state index contributed by atoms with van der Waals surface area (Å²) in [5.74, 6) is 0.852. The van der Waals surface area contributed by atoms with Crippen LogP contribution in [-0.2, 0) is 18.4 Å². The summed E-state index contributed by atoms with van der Waals surface area (Å²) in [7, 11) is 1.73. The summed E-state index contributed by atoms with van der Waals surface area (Å²) < 4.78 is 17.6. The highest BCUT2D eigenvalue weighted by atomic mass is 79.9. The largest absolute Gasteiger partial charge is 0.598 e. The molecule has 0 aromatic carbocycles. The van der Waals surface area contributed by atoms with Crippen LogP contribution in [0.1, 0.15) is 52.9 Å². The van der Waals surface area contributed by atoms with Crippen molar-refractivity contribution in [3.05, 3.63) is 14.8 Å². The zero-order valence-corrected chi connectivity index (χ0v) is 19.0. The molecule has 1 saturated carbocycles. The van der Waals surface area contributed by atoms with Crippen molar-refractivity contribution in [3.63, 3.8) is 0 Å². The van der Waals surface area contributed by atoms with Gasteiger partial charge in [-0.2, -0.15) is 4.98 Å². The van der Waals surface area contributed by atoms with Crippen molar-refractivity contribution in [1.82, 2.24) is 14.3 Å². The van der Waals surface area contributed by atoms with Gasteiger partial charge in [0.2, 0.25) is 5.95 Å². The first kappa shape index (κ1) is 21.0. The molecule has 2 heterocycles. The molecule has 0 amide bonds. The van der Waals surface area contributed by atoms with Crippen LogP contribution >= 0.6 is 15.9 Å². The maximum absolute atomic E-state index is 12.6. The second-order valence-electron chi connectivity index (χ2n) is 8.77. The Labute approximate surface area is 172 Å². The van der Waals surface area contributed by atoms with Gasteiger partial charge in [0.25, 0.3) is 5.56 Å². The van der Waals surface area contributed by atoms with Gasteiger partial charge in [-0.15, -0.1) is 4.72 Å². The molecule has 2 aliphatic rings. The Morgan fingerprint density at radius 3 is 2.56 bits per heavy atom. The third kappa shape index (κ3) is 4.02. The minimum atomic E-state index is -1.06. The molecular weight excluding hydrogens is 430 g/mol. The molecule has 1 aromatic rings. The van der Waals surface area contributed by atoms with Crippen LogP contribution in [0.25, 0.3) is 0 Å². The molecule has 1 saturated heterocycles. The number of halogens is 1. The van der Waals surface area contributed by atoms with Crippen molar-refractivity contribution in [3.8, 4) is 0 Å². The lowest BCUT2D eigenvalue weighted by Gasteiger charge is -2.44. The van der Waals surface area contributed by atoms with Crippen LogP contribution in [0.2, 0.25) is 0 Å². The van der Waals surface area contributed by atoms with E-state index in [9.17, 15) is 9.35 Å². The Hall–Kier alpha value is -0.770. The highest BCUT2D eigenvalue weighted by molar-refractivity contribution is 9.10. The van der Waals surface area contributed by atoms with E-state index in [4.69, 9.17) is 5.73 Å². The third-order valence-electron chi connectivity index (χ3n) is 5.99. The first-order valence-electron chi connectivity index (χ1n) is 9.50. The lowest BCUT2D eigenvalue weighted by molar-refractivity contribution is 0.186. The molecule has 0 radical (unpaired) electrons. The van der Waals surface area contributed by atoms with E-state index in [1.54, 1.807) is 11.6 Å². The van der Waals surface area contributed by atoms with E-state index < -0.39 is 11.4 Å². The maximum Gasteiger partial charge on any atom is 0.271 e. The van der Waals surface area contributed by atoms with Gasteiger partial charge < -0.3 is 15.2 Å². The fourth-order valence-corrected chi connectivity index (χ4v) is 5.58. The molecular formula is C18H30BrN5O2S. The summed E-state index contributed by atoms with van der Waals surface area (Å²) in [6.45, 7) is 7.66. The number of piperidine rings is 1. The quantitative estimate of drug-likeness (QED) is 0.672. The van der Waals surface area contributed by atoms with Crippen LogP contribution in [0.4, 0.5) is 11.8 Å². The van der Waals surface area contributed by atoms with Crippen LogP contribution in [0.5, 0.6) is 0 Å². The Morgan fingerprint density at radius 2 is 1.96 bits per heavy atom. The SMILES string of the molecule is Cn1c(N2CCC3(CCC[C@H]3N[S@+]([O-])C(C)(C)C)CC2)nc(N)c(Br)c1=O. The number of nitrogen functional groups attached to an aromatic ring is 1. The standard InChI is InChI=1S/C18H30BrN5O2S/c1-17(2,3)27(26)22-12-6-5-7-18(12)8-10-24(11-9-18)16-21-14(20)13(19)15(25)23(16)4/h12,22H,5-11,20H2,1-4H3/t12-,27-/m1/s1. The Balaban J connectivity index is 1.74. The first-order valence-corrected chi connectivity index (χ1v) is 11.4. The normalized spacial score (nSPS) is 23.8. The number of aromatic nitrogens is 2. The molecule has 2 fully saturated rings. The summed E-state index contributed by atoms with van der Waals surface area (Å²) in [6, 6.07) is 0.284. The van der Waals surface area contributed by atoms with Gasteiger partial charge in [-0.05, 0) is 67.8 Å². The van der Waals surface area contributed by atoms with Gasteiger partial charge in [-0.25, -0.2) is 0 Å². The van der Waals surface area contributed by atoms with E-state index in [2.05, 4.69) is 30.5 Å². The van der Waals surface area contributed by atoms with Gasteiger partial charge in [-0.1, -0.05) is 6.42 Å². The van der Waals surface area contributed by atoms with Gasteiger partial charge in [-0.3, -0.25) is 9.36 Å². The number of anilines is 2. The second-order valence-corrected chi connectivity index (χ2v) is 11.6. The topological polar surface area (TPSA) is 99.2 Å². The van der Waals surface area contributed by atoms with Gasteiger partial charge >= 0.3 is 0 Å². The van der Waals surface area contributed by atoms with Crippen LogP contribution in [-0.4, -0.2) is 38.0 Å². The summed E-state index contributed by atoms with van der Waals surface area (Å²) in [4.78, 5) is 18.9. The third-order valence-corrected chi connectivity index (χ3v) is 8.35. The van der Waals surface area contributed by atoms with E-state index in [0.29, 0.717) is 10.4 Å². The monoisotopic (exact) mass is 459 g/mol. The molecule has 9 heteroatoms. The number of nitrogens with zero attached hydrogens (tertiary/aromatic N) is 3. The highest BCUT2D eigenvalue weighted by Gasteiger charge is 2.48. The van der Waals surface area contributed by atoms with E-state index in [-0.39, 0.29) is 27.6 Å². The summed E-state index contributed by atoms with van der Waals surface area (Å²) >= 11 is 2.15. The fraction of sp³-hybridized carbons (Fsp3) is 0.778.